The SMILES string of the molecule is CC(NC1CCCC(C)C1C)c1nn[nH]n1. The molecule has 0 aromatic carbocycles. The van der Waals surface area contributed by atoms with Crippen LogP contribution in [0.2, 0.25) is 0 Å². The number of tetrazole rings is 1. The van der Waals surface area contributed by atoms with Gasteiger partial charge in [-0.05, 0) is 25.2 Å². The van der Waals surface area contributed by atoms with E-state index in [0.29, 0.717) is 6.04 Å². The fourth-order valence-electron chi connectivity index (χ4n) is 2.57. The van der Waals surface area contributed by atoms with E-state index in [4.69, 9.17) is 0 Å². The summed E-state index contributed by atoms with van der Waals surface area (Å²) in [5.74, 6) is 2.29. The van der Waals surface area contributed by atoms with E-state index in [0.717, 1.165) is 17.7 Å². The summed E-state index contributed by atoms with van der Waals surface area (Å²) in [7, 11) is 0. The Bertz CT molecular complexity index is 310. The van der Waals surface area contributed by atoms with E-state index in [1.165, 1.54) is 19.3 Å². The van der Waals surface area contributed by atoms with Crippen LogP contribution in [0.3, 0.4) is 0 Å². The molecule has 2 rings (SSSR count). The van der Waals surface area contributed by atoms with Crippen molar-refractivity contribution in [2.75, 3.05) is 0 Å². The molecule has 4 unspecified atom stereocenters. The van der Waals surface area contributed by atoms with Crippen LogP contribution in [0, 0.1) is 11.8 Å². The van der Waals surface area contributed by atoms with Crippen LogP contribution in [0.25, 0.3) is 0 Å². The number of aromatic amines is 1. The Labute approximate surface area is 96.4 Å². The van der Waals surface area contributed by atoms with Gasteiger partial charge in [-0.1, -0.05) is 31.9 Å². The van der Waals surface area contributed by atoms with E-state index >= 15 is 0 Å². The first-order chi connectivity index (χ1) is 7.68. The monoisotopic (exact) mass is 223 g/mol. The van der Waals surface area contributed by atoms with Gasteiger partial charge in [0.2, 0.25) is 0 Å². The van der Waals surface area contributed by atoms with Gasteiger partial charge in [-0.2, -0.15) is 5.21 Å². The molecule has 4 atom stereocenters. The van der Waals surface area contributed by atoms with E-state index in [9.17, 15) is 0 Å². The van der Waals surface area contributed by atoms with Gasteiger partial charge < -0.3 is 5.32 Å². The zero-order chi connectivity index (χ0) is 11.5. The molecule has 90 valence electrons. The third kappa shape index (κ3) is 2.40. The lowest BCUT2D eigenvalue weighted by atomic mass is 9.78. The number of hydrogen-bond donors (Lipinski definition) is 2. The number of nitrogens with one attached hydrogen (secondary N) is 2. The minimum atomic E-state index is 0.177. The predicted molar refractivity (Wildman–Crippen MR) is 61.7 cm³/mol. The summed E-state index contributed by atoms with van der Waals surface area (Å²) in [6, 6.07) is 0.758. The van der Waals surface area contributed by atoms with Crippen molar-refractivity contribution >= 4 is 0 Å². The lowest BCUT2D eigenvalue weighted by Crippen LogP contribution is -2.42. The maximum absolute atomic E-state index is 4.02. The first-order valence-corrected chi connectivity index (χ1v) is 6.18. The Morgan fingerprint density at radius 1 is 1.38 bits per heavy atom. The fourth-order valence-corrected chi connectivity index (χ4v) is 2.57. The maximum Gasteiger partial charge on any atom is 0.191 e. The predicted octanol–water partition coefficient (Wildman–Crippen LogP) is 1.67. The van der Waals surface area contributed by atoms with Gasteiger partial charge in [0.05, 0.1) is 6.04 Å². The average molecular weight is 223 g/mol. The van der Waals surface area contributed by atoms with Gasteiger partial charge >= 0.3 is 0 Å². The Hall–Kier alpha value is -0.970. The van der Waals surface area contributed by atoms with Gasteiger partial charge in [-0.25, -0.2) is 0 Å². The molecule has 1 aromatic heterocycles. The molecule has 5 heteroatoms. The molecular weight excluding hydrogens is 202 g/mol. The topological polar surface area (TPSA) is 66.5 Å². The fraction of sp³-hybridized carbons (Fsp3) is 0.909. The Kier molecular flexibility index (Phi) is 3.53. The highest BCUT2D eigenvalue weighted by Crippen LogP contribution is 2.30. The molecule has 0 saturated heterocycles. The molecule has 0 spiro atoms. The average Bonchev–Trinajstić information content (AvgIpc) is 2.78. The van der Waals surface area contributed by atoms with Gasteiger partial charge in [0.1, 0.15) is 0 Å². The van der Waals surface area contributed by atoms with Crippen molar-refractivity contribution < 1.29 is 0 Å². The molecule has 1 fully saturated rings. The van der Waals surface area contributed by atoms with Crippen LogP contribution in [-0.4, -0.2) is 26.7 Å². The second-order valence-electron chi connectivity index (χ2n) is 5.03. The molecule has 16 heavy (non-hydrogen) atoms. The largest absolute Gasteiger partial charge is 0.304 e. The van der Waals surface area contributed by atoms with Crippen LogP contribution >= 0.6 is 0 Å². The van der Waals surface area contributed by atoms with Crippen LogP contribution in [0.15, 0.2) is 0 Å². The second kappa shape index (κ2) is 4.91. The first-order valence-electron chi connectivity index (χ1n) is 6.18. The number of hydrogen-bond acceptors (Lipinski definition) is 4. The number of nitrogens with zero attached hydrogens (tertiary/aromatic N) is 3. The first kappa shape index (κ1) is 11.5. The summed E-state index contributed by atoms with van der Waals surface area (Å²) >= 11 is 0. The zero-order valence-electron chi connectivity index (χ0n) is 10.3. The summed E-state index contributed by atoms with van der Waals surface area (Å²) in [6.45, 7) is 6.78. The lowest BCUT2D eigenvalue weighted by molar-refractivity contribution is 0.195. The summed E-state index contributed by atoms with van der Waals surface area (Å²) in [5.41, 5.74) is 0. The molecule has 2 N–H and O–H groups in total. The number of aromatic nitrogens is 4. The molecule has 1 heterocycles. The van der Waals surface area contributed by atoms with Gasteiger partial charge in [-0.15, -0.1) is 10.2 Å². The van der Waals surface area contributed by atoms with Gasteiger partial charge in [0.15, 0.2) is 5.82 Å². The standard InChI is InChI=1S/C11H21N5/c1-7-5-4-6-10(8(7)2)12-9(3)11-13-15-16-14-11/h7-10,12H,4-6H2,1-3H3,(H,13,14,15,16). The van der Waals surface area contributed by atoms with Crippen molar-refractivity contribution in [2.45, 2.75) is 52.1 Å². The highest BCUT2D eigenvalue weighted by Gasteiger charge is 2.28. The molecule has 0 bridgehead atoms. The van der Waals surface area contributed by atoms with Crippen LogP contribution in [0.4, 0.5) is 0 Å². The van der Waals surface area contributed by atoms with Gasteiger partial charge in [-0.3, -0.25) is 0 Å². The molecular formula is C11H21N5. The van der Waals surface area contributed by atoms with E-state index < -0.39 is 0 Å². The normalized spacial score (nSPS) is 32.6. The van der Waals surface area contributed by atoms with Crippen molar-refractivity contribution in [1.29, 1.82) is 0 Å². The van der Waals surface area contributed by atoms with E-state index in [1.807, 2.05) is 0 Å². The molecule has 1 aromatic rings. The molecule has 1 saturated carbocycles. The smallest absolute Gasteiger partial charge is 0.191 e. The van der Waals surface area contributed by atoms with Gasteiger partial charge in [0, 0.05) is 6.04 Å². The van der Waals surface area contributed by atoms with Crippen LogP contribution in [0.5, 0.6) is 0 Å². The van der Waals surface area contributed by atoms with Gasteiger partial charge in [0.25, 0.3) is 0 Å². The maximum atomic E-state index is 4.02. The van der Waals surface area contributed by atoms with Crippen molar-refractivity contribution in [1.82, 2.24) is 25.9 Å². The second-order valence-corrected chi connectivity index (χ2v) is 5.03. The summed E-state index contributed by atoms with van der Waals surface area (Å²) < 4.78 is 0. The van der Waals surface area contributed by atoms with E-state index in [-0.39, 0.29) is 6.04 Å². The van der Waals surface area contributed by atoms with Crippen LogP contribution in [0.1, 0.15) is 51.9 Å². The summed E-state index contributed by atoms with van der Waals surface area (Å²) in [4.78, 5) is 0. The molecule has 5 nitrogen and oxygen atoms in total. The highest BCUT2D eigenvalue weighted by atomic mass is 15.5. The summed E-state index contributed by atoms with van der Waals surface area (Å²) in [5, 5.41) is 17.7. The lowest BCUT2D eigenvalue weighted by Gasteiger charge is -2.36. The number of H-pyrrole nitrogens is 1. The van der Waals surface area contributed by atoms with Crippen molar-refractivity contribution in [3.05, 3.63) is 5.82 Å². The number of rotatable bonds is 3. The van der Waals surface area contributed by atoms with Crippen LogP contribution in [-0.2, 0) is 0 Å². The van der Waals surface area contributed by atoms with E-state index in [1.54, 1.807) is 0 Å². The third-order valence-electron chi connectivity index (χ3n) is 3.92. The summed E-state index contributed by atoms with van der Waals surface area (Å²) in [6.07, 6.45) is 3.94. The minimum absolute atomic E-state index is 0.177. The Morgan fingerprint density at radius 2 is 2.19 bits per heavy atom. The molecule has 1 aliphatic rings. The highest BCUT2D eigenvalue weighted by molar-refractivity contribution is 4.91. The Morgan fingerprint density at radius 3 is 2.88 bits per heavy atom. The molecule has 0 amide bonds. The zero-order valence-corrected chi connectivity index (χ0v) is 10.3. The third-order valence-corrected chi connectivity index (χ3v) is 3.92. The molecule has 0 aliphatic heterocycles. The van der Waals surface area contributed by atoms with Crippen molar-refractivity contribution in [3.63, 3.8) is 0 Å². The Balaban J connectivity index is 1.93. The quantitative estimate of drug-likeness (QED) is 0.818. The van der Waals surface area contributed by atoms with Crippen molar-refractivity contribution in [2.24, 2.45) is 11.8 Å². The van der Waals surface area contributed by atoms with Crippen molar-refractivity contribution in [3.8, 4) is 0 Å². The molecule has 1 aliphatic carbocycles. The molecule has 0 radical (unpaired) electrons. The van der Waals surface area contributed by atoms with Crippen LogP contribution < -0.4 is 5.32 Å². The minimum Gasteiger partial charge on any atom is -0.304 e. The van der Waals surface area contributed by atoms with E-state index in [2.05, 4.69) is 46.7 Å².